The van der Waals surface area contributed by atoms with Gasteiger partial charge in [0.25, 0.3) is 0 Å². The Morgan fingerprint density at radius 3 is 3.08 bits per heavy atom. The third-order valence-corrected chi connectivity index (χ3v) is 3.46. The molecular weight excluding hydrogens is 230 g/mol. The van der Waals surface area contributed by atoms with Gasteiger partial charge >= 0.3 is 0 Å². The number of halogens is 1. The molecule has 1 aromatic carbocycles. The lowest BCUT2D eigenvalue weighted by Crippen LogP contribution is -2.09. The van der Waals surface area contributed by atoms with E-state index in [2.05, 4.69) is 22.0 Å². The quantitative estimate of drug-likeness (QED) is 0.813. The monoisotopic (exact) mass is 239 g/mol. The minimum atomic E-state index is 0.370. The Hall–Kier alpha value is -0.540. The molecule has 3 heteroatoms. The van der Waals surface area contributed by atoms with Crippen molar-refractivity contribution in [3.63, 3.8) is 0 Å². The van der Waals surface area contributed by atoms with Gasteiger partial charge in [-0.25, -0.2) is 0 Å². The largest absolute Gasteiger partial charge is 0.489 e. The van der Waals surface area contributed by atoms with Crippen molar-refractivity contribution in [3.05, 3.63) is 28.2 Å². The lowest BCUT2D eigenvalue weighted by molar-refractivity contribution is 0.297. The molecule has 2 nitrogen and oxygen atoms in total. The van der Waals surface area contributed by atoms with Crippen LogP contribution in [0.1, 0.15) is 11.5 Å². The van der Waals surface area contributed by atoms with E-state index in [-0.39, 0.29) is 0 Å². The highest BCUT2D eigenvalue weighted by molar-refractivity contribution is 9.10. The van der Waals surface area contributed by atoms with Gasteiger partial charge < -0.3 is 10.5 Å². The van der Waals surface area contributed by atoms with Gasteiger partial charge in [-0.1, -0.05) is 15.9 Å². The van der Waals surface area contributed by atoms with Crippen LogP contribution in [0.2, 0.25) is 0 Å². The van der Waals surface area contributed by atoms with E-state index in [1.165, 1.54) is 5.56 Å². The number of hydrogen-bond acceptors (Lipinski definition) is 2. The number of fused-ring (bicyclic) bond motifs is 3. The molecule has 1 fully saturated rings. The Balaban J connectivity index is 2.01. The zero-order valence-electron chi connectivity index (χ0n) is 7.03. The van der Waals surface area contributed by atoms with Gasteiger partial charge in [0, 0.05) is 21.9 Å². The van der Waals surface area contributed by atoms with Crippen molar-refractivity contribution in [2.24, 2.45) is 11.7 Å². The third kappa shape index (κ3) is 0.973. The van der Waals surface area contributed by atoms with Crippen LogP contribution in [0.4, 0.5) is 0 Å². The van der Waals surface area contributed by atoms with Crippen molar-refractivity contribution in [2.45, 2.75) is 12.0 Å². The molecule has 0 aromatic heterocycles. The molecule has 0 bridgehead atoms. The van der Waals surface area contributed by atoms with Crippen molar-refractivity contribution < 1.29 is 4.74 Å². The fraction of sp³-hybridized carbons (Fsp3) is 0.400. The molecule has 0 saturated heterocycles. The van der Waals surface area contributed by atoms with E-state index >= 15 is 0 Å². The first-order chi connectivity index (χ1) is 6.31. The second-order valence-corrected chi connectivity index (χ2v) is 4.61. The molecule has 1 aliphatic carbocycles. The first kappa shape index (κ1) is 7.83. The summed E-state index contributed by atoms with van der Waals surface area (Å²) >= 11 is 3.47. The van der Waals surface area contributed by atoms with Crippen LogP contribution >= 0.6 is 15.9 Å². The van der Waals surface area contributed by atoms with Gasteiger partial charge in [-0.05, 0) is 24.7 Å². The van der Waals surface area contributed by atoms with Gasteiger partial charge in [-0.15, -0.1) is 0 Å². The maximum Gasteiger partial charge on any atom is 0.123 e. The summed E-state index contributed by atoms with van der Waals surface area (Å²) < 4.78 is 6.86. The van der Waals surface area contributed by atoms with E-state index < -0.39 is 0 Å². The Morgan fingerprint density at radius 2 is 2.31 bits per heavy atom. The Bertz CT molecular complexity index is 366. The molecule has 1 heterocycles. The van der Waals surface area contributed by atoms with E-state index in [4.69, 9.17) is 10.5 Å². The predicted molar refractivity (Wildman–Crippen MR) is 53.8 cm³/mol. The summed E-state index contributed by atoms with van der Waals surface area (Å²) in [6, 6.07) is 6.19. The molecular formula is C10H10BrNO. The van der Waals surface area contributed by atoms with Crippen LogP contribution in [-0.2, 0) is 0 Å². The van der Waals surface area contributed by atoms with E-state index in [1.54, 1.807) is 0 Å². The van der Waals surface area contributed by atoms with E-state index in [0.717, 1.165) is 16.8 Å². The van der Waals surface area contributed by atoms with Crippen LogP contribution in [0.25, 0.3) is 0 Å². The number of hydrogen-bond donors (Lipinski definition) is 1. The fourth-order valence-electron chi connectivity index (χ4n) is 2.23. The van der Waals surface area contributed by atoms with Gasteiger partial charge in [-0.2, -0.15) is 0 Å². The van der Waals surface area contributed by atoms with Crippen molar-refractivity contribution in [1.82, 2.24) is 0 Å². The highest BCUT2D eigenvalue weighted by atomic mass is 79.9. The minimum Gasteiger partial charge on any atom is -0.489 e. The summed E-state index contributed by atoms with van der Waals surface area (Å²) in [6.45, 7) is 0.737. The first-order valence-electron chi connectivity index (χ1n) is 4.47. The van der Waals surface area contributed by atoms with E-state index in [0.29, 0.717) is 17.9 Å². The summed E-state index contributed by atoms with van der Waals surface area (Å²) in [5.41, 5.74) is 6.96. The standard InChI is InChI=1S/C10H10BrNO/c11-5-1-2-8-6(3-5)9-7(4-12)10(9)13-8/h1-3,7,9-10H,4,12H2. The van der Waals surface area contributed by atoms with Crippen LogP contribution in [0.3, 0.4) is 0 Å². The Kier molecular flexibility index (Phi) is 1.50. The van der Waals surface area contributed by atoms with Crippen LogP contribution in [-0.4, -0.2) is 12.6 Å². The molecule has 1 saturated carbocycles. The minimum absolute atomic E-state index is 0.370. The number of rotatable bonds is 1. The summed E-state index contributed by atoms with van der Waals surface area (Å²) in [5.74, 6) is 2.17. The topological polar surface area (TPSA) is 35.2 Å². The highest BCUT2D eigenvalue weighted by Gasteiger charge is 2.57. The summed E-state index contributed by atoms with van der Waals surface area (Å²) in [4.78, 5) is 0. The molecule has 1 aliphatic heterocycles. The third-order valence-electron chi connectivity index (χ3n) is 2.96. The number of nitrogens with two attached hydrogens (primary N) is 1. The van der Waals surface area contributed by atoms with Crippen LogP contribution in [0.5, 0.6) is 5.75 Å². The van der Waals surface area contributed by atoms with Gasteiger partial charge in [-0.3, -0.25) is 0 Å². The molecule has 3 atom stereocenters. The maximum absolute atomic E-state index is 5.74. The second-order valence-electron chi connectivity index (χ2n) is 3.69. The average molecular weight is 240 g/mol. The fourth-order valence-corrected chi connectivity index (χ4v) is 2.60. The zero-order chi connectivity index (χ0) is 9.00. The van der Waals surface area contributed by atoms with Crippen molar-refractivity contribution in [2.75, 3.05) is 6.54 Å². The molecule has 0 amide bonds. The molecule has 68 valence electrons. The van der Waals surface area contributed by atoms with Gasteiger partial charge in [0.2, 0.25) is 0 Å². The molecule has 3 unspecified atom stereocenters. The Morgan fingerprint density at radius 1 is 1.46 bits per heavy atom. The smallest absolute Gasteiger partial charge is 0.123 e. The lowest BCUT2D eigenvalue weighted by atomic mass is 10.1. The zero-order valence-corrected chi connectivity index (χ0v) is 8.62. The first-order valence-corrected chi connectivity index (χ1v) is 5.27. The second kappa shape index (κ2) is 2.49. The van der Waals surface area contributed by atoms with Crippen LogP contribution < -0.4 is 10.5 Å². The molecule has 3 rings (SSSR count). The number of ether oxygens (including phenoxy) is 1. The molecule has 2 aliphatic rings. The molecule has 13 heavy (non-hydrogen) atoms. The Labute approximate surface area is 85.2 Å². The lowest BCUT2D eigenvalue weighted by Gasteiger charge is -2.06. The molecule has 2 N–H and O–H groups in total. The molecule has 0 spiro atoms. The van der Waals surface area contributed by atoms with Crippen molar-refractivity contribution in [1.29, 1.82) is 0 Å². The van der Waals surface area contributed by atoms with Crippen molar-refractivity contribution >= 4 is 15.9 Å². The van der Waals surface area contributed by atoms with Crippen LogP contribution in [0.15, 0.2) is 22.7 Å². The highest BCUT2D eigenvalue weighted by Crippen LogP contribution is 2.57. The molecule has 0 radical (unpaired) electrons. The normalized spacial score (nSPS) is 33.5. The van der Waals surface area contributed by atoms with Crippen molar-refractivity contribution in [3.8, 4) is 5.75 Å². The van der Waals surface area contributed by atoms with Crippen LogP contribution in [0, 0.1) is 5.92 Å². The SMILES string of the molecule is NCC1C2Oc3ccc(Br)cc3C12. The summed E-state index contributed by atoms with van der Waals surface area (Å²) in [6.07, 6.45) is 0.370. The van der Waals surface area contributed by atoms with E-state index in [9.17, 15) is 0 Å². The summed E-state index contributed by atoms with van der Waals surface area (Å²) in [5, 5.41) is 0. The maximum atomic E-state index is 5.74. The predicted octanol–water partition coefficient (Wildman–Crippen LogP) is 1.88. The van der Waals surface area contributed by atoms with Gasteiger partial charge in [0.05, 0.1) is 0 Å². The van der Waals surface area contributed by atoms with Gasteiger partial charge in [0.1, 0.15) is 11.9 Å². The van der Waals surface area contributed by atoms with E-state index in [1.807, 2.05) is 12.1 Å². The van der Waals surface area contributed by atoms with Gasteiger partial charge in [0.15, 0.2) is 0 Å². The molecule has 1 aromatic rings. The summed E-state index contributed by atoms with van der Waals surface area (Å²) in [7, 11) is 0. The average Bonchev–Trinajstić information content (AvgIpc) is 2.70. The number of benzene rings is 1.